The largest absolute Gasteiger partial charge is 0.494 e. The third kappa shape index (κ3) is 3.80. The zero-order valence-corrected chi connectivity index (χ0v) is 12.1. The van der Waals surface area contributed by atoms with Gasteiger partial charge >= 0.3 is 0 Å². The first-order valence-electron chi connectivity index (χ1n) is 6.70. The number of nitrogens with zero attached hydrogens (tertiary/aromatic N) is 1. The molecular formula is C17H17FN2O. The minimum Gasteiger partial charge on any atom is -0.494 e. The second-order valence-corrected chi connectivity index (χ2v) is 4.81. The Morgan fingerprint density at radius 3 is 2.52 bits per heavy atom. The maximum Gasteiger partial charge on any atom is 0.165 e. The van der Waals surface area contributed by atoms with E-state index in [1.165, 1.54) is 13.2 Å². The fourth-order valence-electron chi connectivity index (χ4n) is 2.04. The molecule has 0 spiro atoms. The van der Waals surface area contributed by atoms with Crippen LogP contribution in [0, 0.1) is 17.1 Å². The van der Waals surface area contributed by atoms with Gasteiger partial charge in [0.25, 0.3) is 0 Å². The summed E-state index contributed by atoms with van der Waals surface area (Å²) in [7, 11) is 1.45. The van der Waals surface area contributed by atoms with E-state index in [2.05, 4.69) is 11.4 Å². The third-order valence-electron chi connectivity index (χ3n) is 3.37. The van der Waals surface area contributed by atoms with E-state index in [4.69, 9.17) is 10.00 Å². The second-order valence-electron chi connectivity index (χ2n) is 4.81. The van der Waals surface area contributed by atoms with Gasteiger partial charge in [0.1, 0.15) is 0 Å². The van der Waals surface area contributed by atoms with Gasteiger partial charge in [-0.2, -0.15) is 5.26 Å². The molecule has 2 aromatic carbocycles. The average molecular weight is 284 g/mol. The molecular weight excluding hydrogens is 267 g/mol. The Kier molecular flexibility index (Phi) is 4.91. The van der Waals surface area contributed by atoms with Crippen LogP contribution in [-0.2, 0) is 6.54 Å². The minimum atomic E-state index is -0.359. The SMILES string of the molecule is COc1ccc(C(C)NCc2ccc(C#N)cc2)cc1F. The number of nitriles is 1. The van der Waals surface area contributed by atoms with E-state index in [1.807, 2.05) is 25.1 Å². The Morgan fingerprint density at radius 2 is 1.95 bits per heavy atom. The molecule has 0 amide bonds. The molecule has 21 heavy (non-hydrogen) atoms. The summed E-state index contributed by atoms with van der Waals surface area (Å²) in [6.07, 6.45) is 0. The molecule has 1 N–H and O–H groups in total. The lowest BCUT2D eigenvalue weighted by Crippen LogP contribution is -2.18. The van der Waals surface area contributed by atoms with Crippen molar-refractivity contribution in [1.82, 2.24) is 5.32 Å². The average Bonchev–Trinajstić information content (AvgIpc) is 2.53. The van der Waals surface area contributed by atoms with E-state index in [0.717, 1.165) is 11.1 Å². The van der Waals surface area contributed by atoms with Crippen molar-refractivity contribution in [3.63, 3.8) is 0 Å². The molecule has 0 saturated heterocycles. The van der Waals surface area contributed by atoms with Crippen molar-refractivity contribution in [2.75, 3.05) is 7.11 Å². The van der Waals surface area contributed by atoms with Gasteiger partial charge < -0.3 is 10.1 Å². The molecule has 0 aromatic heterocycles. The van der Waals surface area contributed by atoms with Crippen molar-refractivity contribution >= 4 is 0 Å². The Labute approximate surface area is 124 Å². The molecule has 108 valence electrons. The van der Waals surface area contributed by atoms with Crippen molar-refractivity contribution in [2.24, 2.45) is 0 Å². The van der Waals surface area contributed by atoms with Gasteiger partial charge in [-0.1, -0.05) is 18.2 Å². The molecule has 0 saturated carbocycles. The molecule has 4 heteroatoms. The van der Waals surface area contributed by atoms with Crippen LogP contribution in [0.5, 0.6) is 5.75 Å². The zero-order valence-electron chi connectivity index (χ0n) is 12.1. The summed E-state index contributed by atoms with van der Waals surface area (Å²) in [5.41, 5.74) is 2.58. The number of hydrogen-bond acceptors (Lipinski definition) is 3. The summed E-state index contributed by atoms with van der Waals surface area (Å²) in [6, 6.07) is 14.5. The number of benzene rings is 2. The van der Waals surface area contributed by atoms with Crippen LogP contribution in [0.2, 0.25) is 0 Å². The summed E-state index contributed by atoms with van der Waals surface area (Å²) in [6.45, 7) is 2.63. The van der Waals surface area contributed by atoms with Crippen LogP contribution in [0.15, 0.2) is 42.5 Å². The van der Waals surface area contributed by atoms with Crippen LogP contribution in [-0.4, -0.2) is 7.11 Å². The highest BCUT2D eigenvalue weighted by atomic mass is 19.1. The molecule has 0 fully saturated rings. The lowest BCUT2D eigenvalue weighted by Gasteiger charge is -2.15. The summed E-state index contributed by atoms with van der Waals surface area (Å²) < 4.78 is 18.6. The van der Waals surface area contributed by atoms with E-state index in [1.54, 1.807) is 18.2 Å². The molecule has 0 aliphatic carbocycles. The highest BCUT2D eigenvalue weighted by molar-refractivity contribution is 5.32. The number of ether oxygens (including phenoxy) is 1. The normalized spacial score (nSPS) is 11.7. The van der Waals surface area contributed by atoms with E-state index < -0.39 is 0 Å². The Bertz CT molecular complexity index is 647. The molecule has 0 aliphatic heterocycles. The summed E-state index contributed by atoms with van der Waals surface area (Å²) in [5, 5.41) is 12.1. The molecule has 0 aliphatic rings. The molecule has 3 nitrogen and oxygen atoms in total. The van der Waals surface area contributed by atoms with Crippen molar-refractivity contribution < 1.29 is 9.13 Å². The minimum absolute atomic E-state index is 0.0149. The number of methoxy groups -OCH3 is 1. The van der Waals surface area contributed by atoms with E-state index >= 15 is 0 Å². The molecule has 2 rings (SSSR count). The Hall–Kier alpha value is -2.38. The van der Waals surface area contributed by atoms with Gasteiger partial charge in [-0.3, -0.25) is 0 Å². The molecule has 0 bridgehead atoms. The van der Waals surface area contributed by atoms with Crippen LogP contribution in [0.1, 0.15) is 29.7 Å². The summed E-state index contributed by atoms with van der Waals surface area (Å²) >= 11 is 0. The molecule has 1 unspecified atom stereocenters. The quantitative estimate of drug-likeness (QED) is 0.913. The predicted molar refractivity (Wildman–Crippen MR) is 79.4 cm³/mol. The van der Waals surface area contributed by atoms with Gasteiger partial charge in [0.15, 0.2) is 11.6 Å². The fraction of sp³-hybridized carbons (Fsp3) is 0.235. The van der Waals surface area contributed by atoms with Crippen LogP contribution in [0.3, 0.4) is 0 Å². The smallest absolute Gasteiger partial charge is 0.165 e. The van der Waals surface area contributed by atoms with Crippen molar-refractivity contribution in [3.05, 3.63) is 65.0 Å². The number of hydrogen-bond donors (Lipinski definition) is 1. The lowest BCUT2D eigenvalue weighted by molar-refractivity contribution is 0.385. The number of rotatable bonds is 5. The van der Waals surface area contributed by atoms with Crippen molar-refractivity contribution in [3.8, 4) is 11.8 Å². The second kappa shape index (κ2) is 6.87. The van der Waals surface area contributed by atoms with Crippen molar-refractivity contribution in [1.29, 1.82) is 5.26 Å². The monoisotopic (exact) mass is 284 g/mol. The Balaban J connectivity index is 1.99. The van der Waals surface area contributed by atoms with Crippen molar-refractivity contribution in [2.45, 2.75) is 19.5 Å². The number of nitrogens with one attached hydrogen (secondary N) is 1. The first-order chi connectivity index (χ1) is 10.1. The third-order valence-corrected chi connectivity index (χ3v) is 3.37. The molecule has 0 radical (unpaired) electrons. The van der Waals surface area contributed by atoms with Gasteiger partial charge in [0.05, 0.1) is 18.7 Å². The topological polar surface area (TPSA) is 45.0 Å². The van der Waals surface area contributed by atoms with E-state index in [0.29, 0.717) is 12.1 Å². The zero-order chi connectivity index (χ0) is 15.2. The maximum atomic E-state index is 13.7. The fourth-order valence-corrected chi connectivity index (χ4v) is 2.04. The van der Waals surface area contributed by atoms with Crippen LogP contribution < -0.4 is 10.1 Å². The van der Waals surface area contributed by atoms with Gasteiger partial charge in [-0.05, 0) is 42.3 Å². The number of halogens is 1. The van der Waals surface area contributed by atoms with E-state index in [9.17, 15) is 4.39 Å². The van der Waals surface area contributed by atoms with Crippen LogP contribution in [0.25, 0.3) is 0 Å². The van der Waals surface area contributed by atoms with Gasteiger partial charge in [-0.25, -0.2) is 4.39 Å². The lowest BCUT2D eigenvalue weighted by atomic mass is 10.1. The summed E-state index contributed by atoms with van der Waals surface area (Å²) in [4.78, 5) is 0. The standard InChI is InChI=1S/C17H17FN2O/c1-12(15-7-8-17(21-2)16(18)9-15)20-11-14-5-3-13(10-19)4-6-14/h3-9,12,20H,11H2,1-2H3. The van der Waals surface area contributed by atoms with E-state index in [-0.39, 0.29) is 17.6 Å². The molecule has 1 atom stereocenters. The predicted octanol–water partition coefficient (Wildman–Crippen LogP) is 3.56. The van der Waals surface area contributed by atoms with Gasteiger partial charge in [0, 0.05) is 12.6 Å². The maximum absolute atomic E-state index is 13.7. The molecule has 2 aromatic rings. The van der Waals surface area contributed by atoms with Gasteiger partial charge in [-0.15, -0.1) is 0 Å². The van der Waals surface area contributed by atoms with Crippen LogP contribution in [0.4, 0.5) is 4.39 Å². The summed E-state index contributed by atoms with van der Waals surface area (Å²) in [5.74, 6) is -0.111. The first-order valence-corrected chi connectivity index (χ1v) is 6.70. The Morgan fingerprint density at radius 1 is 1.24 bits per heavy atom. The van der Waals surface area contributed by atoms with Crippen LogP contribution >= 0.6 is 0 Å². The first kappa shape index (κ1) is 15.0. The highest BCUT2D eigenvalue weighted by Crippen LogP contribution is 2.21. The van der Waals surface area contributed by atoms with Gasteiger partial charge in [0.2, 0.25) is 0 Å². The molecule has 0 heterocycles. The highest BCUT2D eigenvalue weighted by Gasteiger charge is 2.09.